The van der Waals surface area contributed by atoms with Gasteiger partial charge in [-0.15, -0.1) is 5.92 Å². The van der Waals surface area contributed by atoms with Crippen molar-refractivity contribution in [2.24, 2.45) is 10.9 Å². The van der Waals surface area contributed by atoms with E-state index >= 15 is 0 Å². The van der Waals surface area contributed by atoms with Crippen LogP contribution in [-0.2, 0) is 0 Å². The Hall–Kier alpha value is -1.92. The number of unbranched alkanes of at least 4 members (excludes halogenated alkanes) is 4. The fourth-order valence-corrected chi connectivity index (χ4v) is 2.56. The molecule has 0 spiro atoms. The maximum atomic E-state index is 12.3. The van der Waals surface area contributed by atoms with Crippen molar-refractivity contribution in [1.29, 1.82) is 0 Å². The van der Waals surface area contributed by atoms with Gasteiger partial charge in [0, 0.05) is 12.0 Å². The van der Waals surface area contributed by atoms with Gasteiger partial charge in [0.1, 0.15) is 0 Å². The first kappa shape index (κ1) is 16.5. The van der Waals surface area contributed by atoms with Crippen molar-refractivity contribution >= 4 is 17.2 Å². The van der Waals surface area contributed by atoms with Crippen LogP contribution >= 0.6 is 0 Å². The first-order chi connectivity index (χ1) is 10.6. The fraction of sp³-hybridized carbons (Fsp3) is 0.474. The highest BCUT2D eigenvalue weighted by molar-refractivity contribution is 6.19. The molecule has 1 aromatic rings. The van der Waals surface area contributed by atoms with Gasteiger partial charge in [0.25, 0.3) is 0 Å². The summed E-state index contributed by atoms with van der Waals surface area (Å²) in [6.45, 7) is 3.95. The number of ketones is 1. The minimum Gasteiger partial charge on any atom is -0.375 e. The Kier molecular flexibility index (Phi) is 5.91. The van der Waals surface area contributed by atoms with Crippen LogP contribution in [0.3, 0.4) is 0 Å². The van der Waals surface area contributed by atoms with Gasteiger partial charge in [0.05, 0.1) is 17.3 Å². The molecule has 0 bridgehead atoms. The third-order valence-corrected chi connectivity index (χ3v) is 3.93. The Morgan fingerprint density at radius 3 is 2.82 bits per heavy atom. The normalized spacial score (nSPS) is 18.0. The Balaban J connectivity index is 2.07. The number of fused-ring (bicyclic) bond motifs is 1. The summed E-state index contributed by atoms with van der Waals surface area (Å²) < 4.78 is 0. The van der Waals surface area contributed by atoms with Crippen molar-refractivity contribution in [3.8, 4) is 11.8 Å². The maximum Gasteiger partial charge on any atom is 0.173 e. The zero-order valence-electron chi connectivity index (χ0n) is 13.3. The van der Waals surface area contributed by atoms with Gasteiger partial charge in [-0.3, -0.25) is 9.79 Å². The third kappa shape index (κ3) is 3.84. The van der Waals surface area contributed by atoms with E-state index in [0.29, 0.717) is 17.0 Å². The molecular weight excluding hydrogens is 274 g/mol. The predicted octanol–water partition coefficient (Wildman–Crippen LogP) is 3.93. The molecule has 0 radical (unpaired) electrons. The first-order valence-corrected chi connectivity index (χ1v) is 8.03. The third-order valence-electron chi connectivity index (χ3n) is 3.93. The lowest BCUT2D eigenvalue weighted by atomic mass is 9.88. The molecule has 116 valence electrons. The van der Waals surface area contributed by atoms with Gasteiger partial charge in [-0.05, 0) is 25.5 Å². The van der Waals surface area contributed by atoms with Crippen molar-refractivity contribution in [3.63, 3.8) is 0 Å². The van der Waals surface area contributed by atoms with Crippen LogP contribution in [-0.4, -0.2) is 22.7 Å². The van der Waals surface area contributed by atoms with E-state index in [2.05, 4.69) is 23.8 Å². The van der Waals surface area contributed by atoms with E-state index in [-0.39, 0.29) is 5.78 Å². The zero-order chi connectivity index (χ0) is 15.9. The average Bonchev–Trinajstić information content (AvgIpc) is 2.54. The number of para-hydroxylation sites is 1. The Morgan fingerprint density at radius 1 is 1.27 bits per heavy atom. The largest absolute Gasteiger partial charge is 0.375 e. The van der Waals surface area contributed by atoms with Gasteiger partial charge in [0.2, 0.25) is 0 Å². The molecule has 1 aliphatic heterocycles. The van der Waals surface area contributed by atoms with E-state index in [1.54, 1.807) is 19.1 Å². The SMILES string of the molecule is CCCCCCC#CC(O)C1=Nc2ccccc2C(=O)C1C. The standard InChI is InChI=1S/C19H23NO2/c1-3-4-5-6-7-8-13-17(21)18-14(2)19(22)15-11-9-10-12-16(15)20-18/h9-12,14,17,21H,3-7H2,1-2H3. The molecule has 22 heavy (non-hydrogen) atoms. The molecule has 2 atom stereocenters. The molecule has 1 heterocycles. The van der Waals surface area contributed by atoms with Crippen molar-refractivity contribution < 1.29 is 9.90 Å². The second kappa shape index (κ2) is 7.91. The Labute approximate surface area is 132 Å². The summed E-state index contributed by atoms with van der Waals surface area (Å²) in [7, 11) is 0. The molecule has 0 amide bonds. The van der Waals surface area contributed by atoms with E-state index in [0.717, 1.165) is 12.8 Å². The quantitative estimate of drug-likeness (QED) is 0.661. The number of hydrogen-bond donors (Lipinski definition) is 1. The summed E-state index contributed by atoms with van der Waals surface area (Å²) in [5.74, 6) is 5.43. The highest BCUT2D eigenvalue weighted by Crippen LogP contribution is 2.29. The smallest absolute Gasteiger partial charge is 0.173 e. The highest BCUT2D eigenvalue weighted by atomic mass is 16.3. The van der Waals surface area contributed by atoms with Crippen LogP contribution in [0.15, 0.2) is 29.3 Å². The van der Waals surface area contributed by atoms with Crippen molar-refractivity contribution in [2.75, 3.05) is 0 Å². The molecule has 1 aliphatic rings. The summed E-state index contributed by atoms with van der Waals surface area (Å²) in [5, 5.41) is 10.2. The van der Waals surface area contributed by atoms with Gasteiger partial charge < -0.3 is 5.11 Å². The number of hydrogen-bond acceptors (Lipinski definition) is 3. The van der Waals surface area contributed by atoms with Crippen LogP contribution in [0.2, 0.25) is 0 Å². The molecule has 2 unspecified atom stereocenters. The molecule has 1 N–H and O–H groups in total. The average molecular weight is 297 g/mol. The van der Waals surface area contributed by atoms with Gasteiger partial charge in [-0.25, -0.2) is 0 Å². The van der Waals surface area contributed by atoms with Crippen LogP contribution < -0.4 is 0 Å². The minimum atomic E-state index is -0.960. The number of Topliss-reactive ketones (excluding diaryl/α,β-unsaturated/α-hetero) is 1. The van der Waals surface area contributed by atoms with E-state index in [1.165, 1.54) is 19.3 Å². The lowest BCUT2D eigenvalue weighted by Crippen LogP contribution is -2.33. The number of carbonyl (C=O) groups is 1. The van der Waals surface area contributed by atoms with Crippen LogP contribution in [0.5, 0.6) is 0 Å². The summed E-state index contributed by atoms with van der Waals surface area (Å²) in [6, 6.07) is 7.25. The summed E-state index contributed by atoms with van der Waals surface area (Å²) >= 11 is 0. The molecule has 3 nitrogen and oxygen atoms in total. The molecule has 3 heteroatoms. The number of carbonyl (C=O) groups excluding carboxylic acids is 1. The van der Waals surface area contributed by atoms with Crippen molar-refractivity contribution in [3.05, 3.63) is 29.8 Å². The van der Waals surface area contributed by atoms with Crippen molar-refractivity contribution in [1.82, 2.24) is 0 Å². The van der Waals surface area contributed by atoms with E-state index < -0.39 is 12.0 Å². The monoisotopic (exact) mass is 297 g/mol. The number of aliphatic hydroxyl groups excluding tert-OH is 1. The molecule has 0 aliphatic carbocycles. The Morgan fingerprint density at radius 2 is 2.05 bits per heavy atom. The molecule has 1 aromatic carbocycles. The highest BCUT2D eigenvalue weighted by Gasteiger charge is 2.30. The molecule has 2 rings (SSSR count). The summed E-state index contributed by atoms with van der Waals surface area (Å²) in [4.78, 5) is 16.8. The van der Waals surface area contributed by atoms with E-state index in [4.69, 9.17) is 0 Å². The second-order valence-electron chi connectivity index (χ2n) is 5.67. The number of nitrogens with zero attached hydrogens (tertiary/aromatic N) is 1. The topological polar surface area (TPSA) is 49.7 Å². The lowest BCUT2D eigenvalue weighted by Gasteiger charge is -2.21. The van der Waals surface area contributed by atoms with Gasteiger partial charge >= 0.3 is 0 Å². The van der Waals surface area contributed by atoms with Gasteiger partial charge in [-0.1, -0.05) is 44.2 Å². The molecule has 0 aromatic heterocycles. The van der Waals surface area contributed by atoms with Gasteiger partial charge in [0.15, 0.2) is 11.9 Å². The van der Waals surface area contributed by atoms with Crippen LogP contribution in [0, 0.1) is 17.8 Å². The number of rotatable bonds is 5. The fourth-order valence-electron chi connectivity index (χ4n) is 2.56. The van der Waals surface area contributed by atoms with Gasteiger partial charge in [-0.2, -0.15) is 0 Å². The minimum absolute atomic E-state index is 0.00407. The van der Waals surface area contributed by atoms with Crippen LogP contribution in [0.25, 0.3) is 0 Å². The van der Waals surface area contributed by atoms with E-state index in [9.17, 15) is 9.90 Å². The van der Waals surface area contributed by atoms with Crippen molar-refractivity contribution in [2.45, 2.75) is 52.1 Å². The summed E-state index contributed by atoms with van der Waals surface area (Å²) in [6.07, 6.45) is 4.47. The van der Waals surface area contributed by atoms with E-state index in [1.807, 2.05) is 12.1 Å². The lowest BCUT2D eigenvalue weighted by molar-refractivity contribution is 0.0955. The number of aliphatic hydroxyl groups is 1. The van der Waals surface area contributed by atoms with Crippen LogP contribution in [0.4, 0.5) is 5.69 Å². The number of benzene rings is 1. The predicted molar refractivity (Wildman–Crippen MR) is 89.6 cm³/mol. The molecule has 0 fully saturated rings. The maximum absolute atomic E-state index is 12.3. The van der Waals surface area contributed by atoms with Crippen LogP contribution in [0.1, 0.15) is 56.3 Å². The molecule has 0 saturated heterocycles. The Bertz CT molecular complexity index is 622. The molecular formula is C19H23NO2. The molecule has 0 saturated carbocycles. The second-order valence-corrected chi connectivity index (χ2v) is 5.67. The summed E-state index contributed by atoms with van der Waals surface area (Å²) in [5.41, 5.74) is 1.72. The number of aliphatic imine (C=N–C) groups is 1. The first-order valence-electron chi connectivity index (χ1n) is 8.03. The zero-order valence-corrected chi connectivity index (χ0v) is 13.3.